The third kappa shape index (κ3) is 5.98. The summed E-state index contributed by atoms with van der Waals surface area (Å²) in [4.78, 5) is 12.4. The van der Waals surface area contributed by atoms with E-state index in [0.29, 0.717) is 23.9 Å². The van der Waals surface area contributed by atoms with Crippen molar-refractivity contribution in [2.75, 3.05) is 0 Å². The SMILES string of the molecule is Cc1ccc(COc2ccc(-c3cc(C(=O)N/N=C\c4ccc(C(C)C)cc4)[nH]n3)cc2)cc1. The second-order valence-corrected chi connectivity index (χ2v) is 8.49. The van der Waals surface area contributed by atoms with Gasteiger partial charge in [0.15, 0.2) is 0 Å². The normalized spacial score (nSPS) is 11.2. The van der Waals surface area contributed by atoms with Crippen LogP contribution in [0.5, 0.6) is 5.75 Å². The summed E-state index contributed by atoms with van der Waals surface area (Å²) in [6.45, 7) is 6.87. The Morgan fingerprint density at radius 3 is 2.41 bits per heavy atom. The summed E-state index contributed by atoms with van der Waals surface area (Å²) in [5.41, 5.74) is 8.94. The molecule has 6 nitrogen and oxygen atoms in total. The maximum absolute atomic E-state index is 12.4. The zero-order valence-electron chi connectivity index (χ0n) is 19.6. The summed E-state index contributed by atoms with van der Waals surface area (Å²) in [5, 5.41) is 11.1. The van der Waals surface area contributed by atoms with E-state index < -0.39 is 0 Å². The van der Waals surface area contributed by atoms with Gasteiger partial charge in [-0.15, -0.1) is 0 Å². The summed E-state index contributed by atoms with van der Waals surface area (Å²) >= 11 is 0. The number of H-pyrrole nitrogens is 1. The number of carbonyl (C=O) groups is 1. The van der Waals surface area contributed by atoms with Crippen molar-refractivity contribution < 1.29 is 9.53 Å². The zero-order valence-corrected chi connectivity index (χ0v) is 19.6. The molecule has 34 heavy (non-hydrogen) atoms. The van der Waals surface area contributed by atoms with Gasteiger partial charge in [0.1, 0.15) is 18.1 Å². The van der Waals surface area contributed by atoms with Crippen molar-refractivity contribution in [1.82, 2.24) is 15.6 Å². The third-order valence-electron chi connectivity index (χ3n) is 5.48. The van der Waals surface area contributed by atoms with Crippen molar-refractivity contribution in [2.45, 2.75) is 33.3 Å². The first-order chi connectivity index (χ1) is 16.5. The van der Waals surface area contributed by atoms with Gasteiger partial charge in [0, 0.05) is 5.56 Å². The van der Waals surface area contributed by atoms with E-state index in [2.05, 4.69) is 77.9 Å². The number of aromatic nitrogens is 2. The van der Waals surface area contributed by atoms with Gasteiger partial charge in [0.2, 0.25) is 0 Å². The number of amides is 1. The van der Waals surface area contributed by atoms with E-state index in [-0.39, 0.29) is 5.91 Å². The van der Waals surface area contributed by atoms with Gasteiger partial charge in [-0.3, -0.25) is 9.89 Å². The molecule has 0 aliphatic heterocycles. The number of hydrogen-bond donors (Lipinski definition) is 2. The number of rotatable bonds is 8. The van der Waals surface area contributed by atoms with Crippen LogP contribution >= 0.6 is 0 Å². The highest BCUT2D eigenvalue weighted by molar-refractivity contribution is 5.94. The van der Waals surface area contributed by atoms with Crippen molar-refractivity contribution in [2.24, 2.45) is 5.10 Å². The molecule has 0 aliphatic rings. The standard InChI is InChI=1S/C28H28N4O2/c1-19(2)23-10-8-21(9-11-23)17-29-32-28(33)27-16-26(30-31-27)24-12-14-25(15-13-24)34-18-22-6-4-20(3)5-7-22/h4-17,19H,18H2,1-3H3,(H,30,31)(H,32,33)/b29-17-. The molecular weight excluding hydrogens is 424 g/mol. The Balaban J connectivity index is 1.32. The van der Waals surface area contributed by atoms with E-state index in [0.717, 1.165) is 22.4 Å². The molecule has 172 valence electrons. The van der Waals surface area contributed by atoms with E-state index >= 15 is 0 Å². The molecule has 0 atom stereocenters. The van der Waals surface area contributed by atoms with E-state index in [1.165, 1.54) is 11.1 Å². The van der Waals surface area contributed by atoms with Crippen molar-refractivity contribution in [3.63, 3.8) is 0 Å². The predicted molar refractivity (Wildman–Crippen MR) is 135 cm³/mol. The quantitative estimate of drug-likeness (QED) is 0.260. The molecule has 1 aromatic heterocycles. The maximum Gasteiger partial charge on any atom is 0.289 e. The van der Waals surface area contributed by atoms with Crippen LogP contribution in [0.3, 0.4) is 0 Å². The Labute approximate surface area is 199 Å². The van der Waals surface area contributed by atoms with Crippen LogP contribution in [0.4, 0.5) is 0 Å². The lowest BCUT2D eigenvalue weighted by Gasteiger charge is -2.07. The monoisotopic (exact) mass is 452 g/mol. The number of nitrogens with one attached hydrogen (secondary N) is 2. The number of ether oxygens (including phenoxy) is 1. The topological polar surface area (TPSA) is 79.4 Å². The Kier molecular flexibility index (Phi) is 7.18. The van der Waals surface area contributed by atoms with Crippen LogP contribution in [-0.4, -0.2) is 22.3 Å². The molecule has 0 fully saturated rings. The van der Waals surface area contributed by atoms with Gasteiger partial charge < -0.3 is 4.74 Å². The lowest BCUT2D eigenvalue weighted by atomic mass is 10.0. The van der Waals surface area contributed by atoms with Gasteiger partial charge in [-0.05, 0) is 59.9 Å². The first-order valence-electron chi connectivity index (χ1n) is 11.3. The van der Waals surface area contributed by atoms with Crippen LogP contribution in [0.1, 0.15) is 52.5 Å². The molecule has 1 amide bonds. The number of hydrazone groups is 1. The number of nitrogens with zero attached hydrogens (tertiary/aromatic N) is 2. The fourth-order valence-electron chi connectivity index (χ4n) is 3.35. The average Bonchev–Trinajstić information content (AvgIpc) is 3.35. The van der Waals surface area contributed by atoms with Crippen LogP contribution < -0.4 is 10.2 Å². The third-order valence-corrected chi connectivity index (χ3v) is 5.48. The highest BCUT2D eigenvalue weighted by Gasteiger charge is 2.10. The van der Waals surface area contributed by atoms with E-state index in [9.17, 15) is 4.79 Å². The fraction of sp³-hybridized carbons (Fsp3) is 0.179. The van der Waals surface area contributed by atoms with Gasteiger partial charge in [0.05, 0.1) is 11.9 Å². The molecule has 0 saturated carbocycles. The lowest BCUT2D eigenvalue weighted by molar-refractivity contribution is 0.0950. The highest BCUT2D eigenvalue weighted by atomic mass is 16.5. The second-order valence-electron chi connectivity index (χ2n) is 8.49. The molecule has 0 saturated heterocycles. The molecule has 0 unspecified atom stereocenters. The van der Waals surface area contributed by atoms with Crippen LogP contribution in [0, 0.1) is 6.92 Å². The smallest absolute Gasteiger partial charge is 0.289 e. The minimum Gasteiger partial charge on any atom is -0.489 e. The Bertz CT molecular complexity index is 1260. The van der Waals surface area contributed by atoms with Crippen LogP contribution in [-0.2, 0) is 6.61 Å². The molecule has 0 bridgehead atoms. The Hall–Kier alpha value is -4.19. The summed E-state index contributed by atoms with van der Waals surface area (Å²) in [6, 6.07) is 25.7. The van der Waals surface area contributed by atoms with Crippen molar-refractivity contribution in [1.29, 1.82) is 0 Å². The summed E-state index contributed by atoms with van der Waals surface area (Å²) in [6.07, 6.45) is 1.62. The molecule has 0 spiro atoms. The largest absolute Gasteiger partial charge is 0.489 e. The minimum atomic E-state index is -0.355. The number of aromatic amines is 1. The Morgan fingerprint density at radius 1 is 1.03 bits per heavy atom. The molecule has 0 radical (unpaired) electrons. The summed E-state index contributed by atoms with van der Waals surface area (Å²) in [7, 11) is 0. The van der Waals surface area contributed by atoms with Crippen molar-refractivity contribution in [3.8, 4) is 17.0 Å². The first-order valence-corrected chi connectivity index (χ1v) is 11.3. The average molecular weight is 453 g/mol. The molecule has 2 N–H and O–H groups in total. The Morgan fingerprint density at radius 2 is 1.74 bits per heavy atom. The molecule has 4 aromatic rings. The highest BCUT2D eigenvalue weighted by Crippen LogP contribution is 2.22. The lowest BCUT2D eigenvalue weighted by Crippen LogP contribution is -2.18. The number of aryl methyl sites for hydroxylation is 1. The van der Waals surface area contributed by atoms with Gasteiger partial charge in [-0.2, -0.15) is 10.2 Å². The second kappa shape index (κ2) is 10.6. The number of hydrogen-bond acceptors (Lipinski definition) is 4. The molecule has 6 heteroatoms. The fourth-order valence-corrected chi connectivity index (χ4v) is 3.35. The van der Waals surface area contributed by atoms with Gasteiger partial charge in [-0.25, -0.2) is 5.43 Å². The van der Waals surface area contributed by atoms with Crippen LogP contribution in [0.2, 0.25) is 0 Å². The molecule has 1 heterocycles. The summed E-state index contributed by atoms with van der Waals surface area (Å²) < 4.78 is 5.86. The van der Waals surface area contributed by atoms with Crippen LogP contribution in [0.25, 0.3) is 11.3 Å². The van der Waals surface area contributed by atoms with Gasteiger partial charge >= 0.3 is 0 Å². The molecular formula is C28H28N4O2. The number of benzene rings is 3. The van der Waals surface area contributed by atoms with Crippen molar-refractivity contribution in [3.05, 3.63) is 107 Å². The van der Waals surface area contributed by atoms with E-state index in [4.69, 9.17) is 4.74 Å². The van der Waals surface area contributed by atoms with E-state index in [1.54, 1.807) is 12.3 Å². The maximum atomic E-state index is 12.4. The minimum absolute atomic E-state index is 0.335. The molecule has 0 aliphatic carbocycles. The first kappa shape index (κ1) is 23.0. The van der Waals surface area contributed by atoms with Gasteiger partial charge in [-0.1, -0.05) is 67.9 Å². The van der Waals surface area contributed by atoms with Crippen molar-refractivity contribution >= 4 is 12.1 Å². The predicted octanol–water partition coefficient (Wildman–Crippen LogP) is 5.85. The molecule has 4 rings (SSSR count). The van der Waals surface area contributed by atoms with Gasteiger partial charge in [0.25, 0.3) is 5.91 Å². The molecule has 3 aromatic carbocycles. The van der Waals surface area contributed by atoms with E-state index in [1.807, 2.05) is 36.4 Å². The van der Waals surface area contributed by atoms with Crippen LogP contribution in [0.15, 0.2) is 84.0 Å². The zero-order chi connectivity index (χ0) is 23.9. The number of carbonyl (C=O) groups excluding carboxylic acids is 1. The summed E-state index contributed by atoms with van der Waals surface area (Å²) in [5.74, 6) is 0.892.